The maximum absolute atomic E-state index is 13.4. The number of aromatic nitrogens is 2. The number of hydrogen-bond donors (Lipinski definition) is 3. The van der Waals surface area contributed by atoms with Gasteiger partial charge in [-0.2, -0.15) is 0 Å². The van der Waals surface area contributed by atoms with E-state index in [0.717, 1.165) is 42.0 Å². The first-order valence-corrected chi connectivity index (χ1v) is 16.6. The molecule has 0 bridgehead atoms. The SMILES string of the molecule is Cn1c(CCc2ccc(C(N)=Nc3ccccc3C(=O)NCCN(Cc3ccccc3)Cc3ccccc3)cc2)nc2cc(C(=O)O)ccc21. The van der Waals surface area contributed by atoms with Gasteiger partial charge in [-0.1, -0.05) is 97.1 Å². The van der Waals surface area contributed by atoms with Crippen molar-refractivity contribution in [2.45, 2.75) is 25.9 Å². The van der Waals surface area contributed by atoms with Gasteiger partial charge in [0.2, 0.25) is 0 Å². The molecule has 4 N–H and O–H groups in total. The van der Waals surface area contributed by atoms with Crippen LogP contribution in [0.4, 0.5) is 5.69 Å². The Bertz CT molecular complexity index is 2070. The average Bonchev–Trinajstić information content (AvgIpc) is 3.46. The summed E-state index contributed by atoms with van der Waals surface area (Å²) in [4.78, 5) is 36.4. The number of carbonyl (C=O) groups excluding carboxylic acids is 1. The van der Waals surface area contributed by atoms with E-state index in [4.69, 9.17) is 5.73 Å². The normalized spacial score (nSPS) is 11.6. The van der Waals surface area contributed by atoms with E-state index >= 15 is 0 Å². The molecule has 9 heteroatoms. The molecule has 5 aromatic carbocycles. The number of amides is 1. The largest absolute Gasteiger partial charge is 0.478 e. The predicted molar refractivity (Wildman–Crippen MR) is 198 cm³/mol. The number of benzene rings is 5. The molecule has 0 spiro atoms. The third-order valence-corrected chi connectivity index (χ3v) is 8.71. The number of carbonyl (C=O) groups is 2. The Morgan fingerprint density at radius 2 is 1.40 bits per heavy atom. The number of amidine groups is 1. The Labute approximate surface area is 291 Å². The van der Waals surface area contributed by atoms with Crippen LogP contribution in [-0.4, -0.2) is 50.4 Å². The van der Waals surface area contributed by atoms with Crippen molar-refractivity contribution >= 4 is 34.4 Å². The van der Waals surface area contributed by atoms with Crippen molar-refractivity contribution in [3.05, 3.63) is 167 Å². The minimum absolute atomic E-state index is 0.201. The number of aromatic carboxylic acids is 1. The molecule has 50 heavy (non-hydrogen) atoms. The molecule has 0 aliphatic heterocycles. The van der Waals surface area contributed by atoms with Crippen molar-refractivity contribution < 1.29 is 14.7 Å². The van der Waals surface area contributed by atoms with Crippen LogP contribution in [0.2, 0.25) is 0 Å². The first-order chi connectivity index (χ1) is 24.3. The highest BCUT2D eigenvalue weighted by molar-refractivity contribution is 6.03. The standard InChI is InChI=1S/C41H40N6O3/c1-46-37-22-21-33(41(49)50)26-36(37)44-38(46)23-18-29-16-19-32(20-17-29)39(42)45-35-15-9-8-14-34(35)40(48)43-24-25-47(27-30-10-4-2-5-11-30)28-31-12-6-3-7-13-31/h2-17,19-22,26H,18,23-25,27-28H2,1H3,(H2,42,45)(H,43,48)(H,49,50). The Morgan fingerprint density at radius 3 is 2.06 bits per heavy atom. The summed E-state index contributed by atoms with van der Waals surface area (Å²) in [5, 5.41) is 12.4. The highest BCUT2D eigenvalue weighted by Crippen LogP contribution is 2.21. The monoisotopic (exact) mass is 664 g/mol. The van der Waals surface area contributed by atoms with Crippen molar-refractivity contribution in [1.29, 1.82) is 0 Å². The quantitative estimate of drug-likeness (QED) is 0.0899. The number of rotatable bonds is 14. The van der Waals surface area contributed by atoms with Gasteiger partial charge in [0, 0.05) is 45.2 Å². The molecule has 6 aromatic rings. The van der Waals surface area contributed by atoms with Crippen LogP contribution in [-0.2, 0) is 33.0 Å². The second-order valence-electron chi connectivity index (χ2n) is 12.2. The van der Waals surface area contributed by atoms with Crippen LogP contribution in [0.15, 0.2) is 132 Å². The molecule has 0 unspecified atom stereocenters. The number of nitrogens with two attached hydrogens (primary N) is 1. The molecule has 0 aliphatic rings. The molecule has 0 saturated heterocycles. The third-order valence-electron chi connectivity index (χ3n) is 8.71. The molecule has 1 amide bonds. The maximum Gasteiger partial charge on any atom is 0.335 e. The van der Waals surface area contributed by atoms with E-state index in [-0.39, 0.29) is 11.5 Å². The van der Waals surface area contributed by atoms with Gasteiger partial charge in [0.25, 0.3) is 5.91 Å². The van der Waals surface area contributed by atoms with Gasteiger partial charge in [0.15, 0.2) is 0 Å². The number of carboxylic acids is 1. The van der Waals surface area contributed by atoms with E-state index in [1.165, 1.54) is 11.1 Å². The van der Waals surface area contributed by atoms with Crippen LogP contribution < -0.4 is 11.1 Å². The second kappa shape index (κ2) is 15.9. The molecule has 6 rings (SSSR count). The smallest absolute Gasteiger partial charge is 0.335 e. The summed E-state index contributed by atoms with van der Waals surface area (Å²) < 4.78 is 2.00. The molecule has 0 atom stereocenters. The van der Waals surface area contributed by atoms with E-state index in [0.29, 0.717) is 42.1 Å². The minimum atomic E-state index is -0.967. The van der Waals surface area contributed by atoms with Crippen molar-refractivity contribution in [1.82, 2.24) is 19.8 Å². The Morgan fingerprint density at radius 1 is 0.780 bits per heavy atom. The van der Waals surface area contributed by atoms with E-state index < -0.39 is 5.97 Å². The van der Waals surface area contributed by atoms with Gasteiger partial charge >= 0.3 is 5.97 Å². The zero-order valence-electron chi connectivity index (χ0n) is 28.0. The van der Waals surface area contributed by atoms with Crippen LogP contribution in [0.3, 0.4) is 0 Å². The number of para-hydroxylation sites is 1. The van der Waals surface area contributed by atoms with E-state index in [1.807, 2.05) is 84.4 Å². The fourth-order valence-corrected chi connectivity index (χ4v) is 5.98. The van der Waals surface area contributed by atoms with Crippen LogP contribution in [0.5, 0.6) is 0 Å². The summed E-state index contributed by atoms with van der Waals surface area (Å²) >= 11 is 0. The van der Waals surface area contributed by atoms with E-state index in [9.17, 15) is 14.7 Å². The van der Waals surface area contributed by atoms with Crippen LogP contribution in [0, 0.1) is 0 Å². The lowest BCUT2D eigenvalue weighted by Gasteiger charge is -2.23. The number of fused-ring (bicyclic) bond motifs is 1. The zero-order valence-corrected chi connectivity index (χ0v) is 28.0. The summed E-state index contributed by atoms with van der Waals surface area (Å²) in [5.74, 6) is 0.0269. The van der Waals surface area contributed by atoms with Crippen molar-refractivity contribution in [2.24, 2.45) is 17.8 Å². The Balaban J connectivity index is 1.07. The summed E-state index contributed by atoms with van der Waals surface area (Å²) in [5.41, 5.74) is 13.5. The lowest BCUT2D eigenvalue weighted by Crippen LogP contribution is -2.34. The number of imidazole rings is 1. The topological polar surface area (TPSA) is 126 Å². The molecular weight excluding hydrogens is 624 g/mol. The second-order valence-corrected chi connectivity index (χ2v) is 12.2. The number of hydrogen-bond acceptors (Lipinski definition) is 5. The fourth-order valence-electron chi connectivity index (χ4n) is 5.98. The molecule has 0 fully saturated rings. The average molecular weight is 665 g/mol. The molecule has 0 radical (unpaired) electrons. The van der Waals surface area contributed by atoms with Gasteiger partial charge in [-0.25, -0.2) is 14.8 Å². The number of aryl methyl sites for hydroxylation is 3. The highest BCUT2D eigenvalue weighted by Gasteiger charge is 2.14. The maximum atomic E-state index is 13.4. The highest BCUT2D eigenvalue weighted by atomic mass is 16.4. The van der Waals surface area contributed by atoms with Gasteiger partial charge in [-0.05, 0) is 53.4 Å². The minimum Gasteiger partial charge on any atom is -0.478 e. The molecule has 252 valence electrons. The van der Waals surface area contributed by atoms with Gasteiger partial charge in [-0.3, -0.25) is 9.69 Å². The first kappa shape index (κ1) is 33.8. The predicted octanol–water partition coefficient (Wildman–Crippen LogP) is 6.53. The summed E-state index contributed by atoms with van der Waals surface area (Å²) in [6, 6.07) is 40.8. The van der Waals surface area contributed by atoms with Crippen molar-refractivity contribution in [3.8, 4) is 0 Å². The fraction of sp³-hybridized carbons (Fsp3) is 0.171. The van der Waals surface area contributed by atoms with Crippen LogP contribution >= 0.6 is 0 Å². The van der Waals surface area contributed by atoms with E-state index in [2.05, 4.69) is 44.5 Å². The zero-order chi connectivity index (χ0) is 34.9. The molecule has 0 saturated carbocycles. The lowest BCUT2D eigenvalue weighted by molar-refractivity contribution is 0.0696. The lowest BCUT2D eigenvalue weighted by atomic mass is 10.1. The van der Waals surface area contributed by atoms with Crippen LogP contribution in [0.25, 0.3) is 11.0 Å². The van der Waals surface area contributed by atoms with Crippen LogP contribution in [0.1, 0.15) is 48.8 Å². The molecule has 0 aliphatic carbocycles. The third kappa shape index (κ3) is 8.50. The van der Waals surface area contributed by atoms with Gasteiger partial charge in [0.1, 0.15) is 11.7 Å². The Hall–Kier alpha value is -6.06. The Kier molecular flexibility index (Phi) is 10.8. The summed E-state index contributed by atoms with van der Waals surface area (Å²) in [6.07, 6.45) is 1.44. The molecule has 1 heterocycles. The number of nitrogens with zero attached hydrogens (tertiary/aromatic N) is 4. The molecule has 1 aromatic heterocycles. The van der Waals surface area contributed by atoms with Gasteiger partial charge in [0.05, 0.1) is 27.8 Å². The van der Waals surface area contributed by atoms with Crippen molar-refractivity contribution in [3.63, 3.8) is 0 Å². The number of aliphatic imine (C=N–C) groups is 1. The molecular formula is C41H40N6O3. The van der Waals surface area contributed by atoms with Crippen molar-refractivity contribution in [2.75, 3.05) is 13.1 Å². The molecule has 9 nitrogen and oxygen atoms in total. The van der Waals surface area contributed by atoms with Gasteiger partial charge in [-0.15, -0.1) is 0 Å². The first-order valence-electron chi connectivity index (χ1n) is 16.6. The summed E-state index contributed by atoms with van der Waals surface area (Å²) in [6.45, 7) is 2.71. The summed E-state index contributed by atoms with van der Waals surface area (Å²) in [7, 11) is 1.94. The van der Waals surface area contributed by atoms with E-state index in [1.54, 1.807) is 30.3 Å². The number of nitrogens with one attached hydrogen (secondary N) is 1. The number of carboxylic acid groups (broad SMARTS) is 1. The van der Waals surface area contributed by atoms with Gasteiger partial charge < -0.3 is 20.7 Å².